The molecule has 286 valence electrons. The molecular weight excluding hydrogens is 749 g/mol. The fourth-order valence-corrected chi connectivity index (χ4v) is 12.6. The molecule has 0 radical (unpaired) electrons. The zero-order valence-electron chi connectivity index (χ0n) is 33.3. The minimum absolute atomic E-state index is 0.831. The number of nitrogens with zero attached hydrogens (tertiary/aromatic N) is 4. The van der Waals surface area contributed by atoms with Crippen LogP contribution >= 0.6 is 0 Å². The van der Waals surface area contributed by atoms with Gasteiger partial charge in [0, 0.05) is 51.8 Å². The molecular formula is C54H40N4OSi. The average Bonchev–Trinajstić information content (AvgIpc) is 3.92. The van der Waals surface area contributed by atoms with Gasteiger partial charge in [0.15, 0.2) is 11.5 Å². The fraction of sp³-hybridized carbons (Fsp3) is 0.0370. The van der Waals surface area contributed by atoms with Gasteiger partial charge in [-0.2, -0.15) is 0 Å². The quantitative estimate of drug-likeness (QED) is 0.162. The van der Waals surface area contributed by atoms with Crippen LogP contribution in [0.1, 0.15) is 0 Å². The molecule has 5 nitrogen and oxygen atoms in total. The van der Waals surface area contributed by atoms with Crippen molar-refractivity contribution in [1.29, 1.82) is 0 Å². The summed E-state index contributed by atoms with van der Waals surface area (Å²) in [6.07, 6.45) is 4.35. The predicted octanol–water partition coefficient (Wildman–Crippen LogP) is 13.4. The summed E-state index contributed by atoms with van der Waals surface area (Å²) in [6.45, 7) is 5.00. The van der Waals surface area contributed by atoms with Crippen LogP contribution in [0.15, 0.2) is 207 Å². The van der Waals surface area contributed by atoms with E-state index in [1.807, 2.05) is 6.07 Å². The van der Waals surface area contributed by atoms with E-state index in [1.165, 1.54) is 32.7 Å². The molecule has 0 atom stereocenters. The van der Waals surface area contributed by atoms with Crippen LogP contribution in [0.5, 0.6) is 11.5 Å². The van der Waals surface area contributed by atoms with Gasteiger partial charge >= 0.3 is 0 Å². The lowest BCUT2D eigenvalue weighted by Crippen LogP contribution is -2.58. The highest BCUT2D eigenvalue weighted by molar-refractivity contribution is 7.02. The standard InChI is InChI=1S/C54H40N4OSi/c1-60(2)53-27-14-12-25-46(53)58(50-36-48-39(34-54(50)60)29-31-56(48)41-19-7-4-8-20-41)44-23-10-9-22-43(44)37-16-15-21-42(32-37)57-45-24-11-13-26-51(45)59-52-33-38-28-30-55(47(38)35-49(52)57)40-17-5-3-6-18-40/h3-36H,1-2H3. The van der Waals surface area contributed by atoms with Crippen molar-refractivity contribution >= 4 is 74.4 Å². The number of ether oxygens (including phenoxy) is 1. The van der Waals surface area contributed by atoms with Crippen molar-refractivity contribution < 1.29 is 4.74 Å². The van der Waals surface area contributed by atoms with E-state index in [4.69, 9.17) is 4.74 Å². The molecule has 60 heavy (non-hydrogen) atoms. The first kappa shape index (κ1) is 34.5. The summed E-state index contributed by atoms with van der Waals surface area (Å²) in [5, 5.41) is 5.27. The van der Waals surface area contributed by atoms with E-state index in [9.17, 15) is 0 Å². The molecule has 6 heteroatoms. The van der Waals surface area contributed by atoms with E-state index in [2.05, 4.69) is 232 Å². The Hall–Kier alpha value is -7.54. The first-order chi connectivity index (χ1) is 29.5. The van der Waals surface area contributed by atoms with Crippen molar-refractivity contribution in [2.75, 3.05) is 9.80 Å². The number of hydrogen-bond acceptors (Lipinski definition) is 3. The Balaban J connectivity index is 1.04. The molecule has 10 aromatic rings. The molecule has 0 amide bonds. The second-order valence-corrected chi connectivity index (χ2v) is 20.6. The summed E-state index contributed by atoms with van der Waals surface area (Å²) in [5.41, 5.74) is 13.6. The van der Waals surface area contributed by atoms with E-state index in [1.54, 1.807) is 0 Å². The maximum absolute atomic E-state index is 6.65. The van der Waals surface area contributed by atoms with Crippen molar-refractivity contribution in [2.24, 2.45) is 0 Å². The lowest BCUT2D eigenvalue weighted by Gasteiger charge is -2.41. The molecule has 0 saturated heterocycles. The molecule has 0 unspecified atom stereocenters. The monoisotopic (exact) mass is 788 g/mol. The molecule has 12 rings (SSSR count). The molecule has 0 saturated carbocycles. The van der Waals surface area contributed by atoms with E-state index in [-0.39, 0.29) is 0 Å². The largest absolute Gasteiger partial charge is 0.453 e. The Morgan fingerprint density at radius 1 is 0.383 bits per heavy atom. The summed E-state index contributed by atoms with van der Waals surface area (Å²) in [6, 6.07) is 70.3. The Morgan fingerprint density at radius 2 is 0.967 bits per heavy atom. The lowest BCUT2D eigenvalue weighted by molar-refractivity contribution is 0.477. The third kappa shape index (κ3) is 5.24. The highest BCUT2D eigenvalue weighted by Crippen LogP contribution is 2.53. The summed E-state index contributed by atoms with van der Waals surface area (Å²) in [5.74, 6) is 1.66. The molecule has 0 bridgehead atoms. The van der Waals surface area contributed by atoms with Crippen LogP contribution in [0.3, 0.4) is 0 Å². The van der Waals surface area contributed by atoms with Gasteiger partial charge in [-0.15, -0.1) is 0 Å². The first-order valence-electron chi connectivity index (χ1n) is 20.6. The Bertz CT molecular complexity index is 3290. The molecule has 2 aliphatic rings. The molecule has 0 fully saturated rings. The number of fused-ring (bicyclic) bond motifs is 6. The van der Waals surface area contributed by atoms with Crippen molar-refractivity contribution in [3.63, 3.8) is 0 Å². The van der Waals surface area contributed by atoms with Crippen molar-refractivity contribution in [3.8, 4) is 34.0 Å². The van der Waals surface area contributed by atoms with Crippen LogP contribution in [0.2, 0.25) is 13.1 Å². The summed E-state index contributed by atoms with van der Waals surface area (Å²) < 4.78 is 11.2. The summed E-state index contributed by atoms with van der Waals surface area (Å²) in [4.78, 5) is 4.89. The van der Waals surface area contributed by atoms with Crippen LogP contribution in [0, 0.1) is 0 Å². The SMILES string of the molecule is C[Si]1(C)c2ccccc2N(c2ccccc2-c2cccc(N3c4ccccc4Oc4cc5ccn(-c6ccccc6)c5cc43)c2)c2cc3c(ccn3-c3ccccc3)cc21. The normalized spacial score (nSPS) is 13.7. The van der Waals surface area contributed by atoms with Crippen molar-refractivity contribution in [2.45, 2.75) is 13.1 Å². The second-order valence-electron chi connectivity index (χ2n) is 16.3. The summed E-state index contributed by atoms with van der Waals surface area (Å²) >= 11 is 0. The topological polar surface area (TPSA) is 25.6 Å². The molecule has 4 heterocycles. The van der Waals surface area contributed by atoms with Crippen LogP contribution in [0.4, 0.5) is 34.1 Å². The Morgan fingerprint density at radius 3 is 1.70 bits per heavy atom. The van der Waals surface area contributed by atoms with Crippen LogP contribution in [-0.4, -0.2) is 17.2 Å². The van der Waals surface area contributed by atoms with Gasteiger partial charge in [-0.05, 0) is 112 Å². The van der Waals surface area contributed by atoms with Gasteiger partial charge in [-0.25, -0.2) is 0 Å². The zero-order valence-corrected chi connectivity index (χ0v) is 34.3. The van der Waals surface area contributed by atoms with Gasteiger partial charge in [-0.3, -0.25) is 0 Å². The third-order valence-electron chi connectivity index (χ3n) is 12.5. The van der Waals surface area contributed by atoms with Gasteiger partial charge in [0.25, 0.3) is 0 Å². The number of hydrogen-bond donors (Lipinski definition) is 0. The maximum atomic E-state index is 6.65. The first-order valence-corrected chi connectivity index (χ1v) is 23.6. The van der Waals surface area contributed by atoms with E-state index < -0.39 is 8.07 Å². The fourth-order valence-electron chi connectivity index (χ4n) is 9.60. The van der Waals surface area contributed by atoms with Crippen LogP contribution < -0.4 is 24.9 Å². The maximum Gasteiger partial charge on any atom is 0.152 e. The lowest BCUT2D eigenvalue weighted by atomic mass is 10.00. The van der Waals surface area contributed by atoms with Gasteiger partial charge in [0.2, 0.25) is 0 Å². The number of anilines is 6. The van der Waals surface area contributed by atoms with E-state index in [0.717, 1.165) is 67.7 Å². The molecule has 0 N–H and O–H groups in total. The number of rotatable bonds is 5. The number of benzene rings is 8. The van der Waals surface area contributed by atoms with Crippen molar-refractivity contribution in [3.05, 3.63) is 207 Å². The van der Waals surface area contributed by atoms with E-state index >= 15 is 0 Å². The smallest absolute Gasteiger partial charge is 0.152 e. The van der Waals surface area contributed by atoms with E-state index in [0.29, 0.717) is 0 Å². The highest BCUT2D eigenvalue weighted by Gasteiger charge is 2.39. The molecule has 2 aliphatic heterocycles. The highest BCUT2D eigenvalue weighted by atomic mass is 28.3. The van der Waals surface area contributed by atoms with Gasteiger partial charge < -0.3 is 23.7 Å². The number of aromatic nitrogens is 2. The average molecular weight is 789 g/mol. The Kier molecular flexibility index (Phi) is 7.61. The van der Waals surface area contributed by atoms with Crippen LogP contribution in [0.25, 0.3) is 44.3 Å². The third-order valence-corrected chi connectivity index (χ3v) is 16.0. The van der Waals surface area contributed by atoms with Gasteiger partial charge in [0.1, 0.15) is 8.07 Å². The molecule has 8 aromatic carbocycles. The molecule has 0 aliphatic carbocycles. The number of para-hydroxylation sites is 6. The summed E-state index contributed by atoms with van der Waals surface area (Å²) in [7, 11) is -2.10. The second kappa shape index (κ2) is 13.2. The van der Waals surface area contributed by atoms with Gasteiger partial charge in [0.05, 0.1) is 28.1 Å². The minimum Gasteiger partial charge on any atom is -0.453 e. The zero-order chi connectivity index (χ0) is 40.0. The Labute approximate surface area is 350 Å². The minimum atomic E-state index is -2.10. The van der Waals surface area contributed by atoms with Gasteiger partial charge in [-0.1, -0.05) is 116 Å². The van der Waals surface area contributed by atoms with Crippen molar-refractivity contribution in [1.82, 2.24) is 9.13 Å². The molecule has 2 aromatic heterocycles. The van der Waals surface area contributed by atoms with Crippen LogP contribution in [-0.2, 0) is 0 Å². The predicted molar refractivity (Wildman–Crippen MR) is 252 cm³/mol. The molecule has 0 spiro atoms.